The van der Waals surface area contributed by atoms with Crippen molar-refractivity contribution in [2.45, 2.75) is 18.9 Å². The molecule has 0 radical (unpaired) electrons. The molecule has 1 saturated carbocycles. The van der Waals surface area contributed by atoms with Gasteiger partial charge in [0.25, 0.3) is 5.91 Å². The molecule has 0 aliphatic heterocycles. The standard InChI is InChI=1S/C21H20ClIN4O5/c1-31-17-8-12(10-24-27-21(30)20(29)26-14-5-6-14)7-16(23)19(17)32-11-18(28)25-15-4-2-3-13(22)9-15/h2-4,7-10,14H,5-6,11H2,1H3,(H,25,28)(H,26,29)(H,27,30)/b24-10-. The van der Waals surface area contributed by atoms with Crippen LogP contribution in [0.4, 0.5) is 5.69 Å². The second-order valence-electron chi connectivity index (χ2n) is 6.83. The van der Waals surface area contributed by atoms with E-state index < -0.39 is 11.8 Å². The van der Waals surface area contributed by atoms with Crippen LogP contribution in [0.3, 0.4) is 0 Å². The molecule has 0 atom stereocenters. The molecule has 1 aliphatic carbocycles. The van der Waals surface area contributed by atoms with E-state index in [9.17, 15) is 14.4 Å². The number of hydrogen-bond donors (Lipinski definition) is 3. The molecule has 2 aromatic rings. The zero-order chi connectivity index (χ0) is 23.1. The van der Waals surface area contributed by atoms with Gasteiger partial charge in [-0.2, -0.15) is 5.10 Å². The number of halogens is 2. The maximum atomic E-state index is 12.2. The van der Waals surface area contributed by atoms with Gasteiger partial charge in [0.15, 0.2) is 18.1 Å². The highest BCUT2D eigenvalue weighted by Gasteiger charge is 2.26. The van der Waals surface area contributed by atoms with Gasteiger partial charge >= 0.3 is 11.8 Å². The molecule has 9 nitrogen and oxygen atoms in total. The molecule has 32 heavy (non-hydrogen) atoms. The van der Waals surface area contributed by atoms with Crippen LogP contribution in [0.1, 0.15) is 18.4 Å². The molecule has 0 saturated heterocycles. The van der Waals surface area contributed by atoms with Crippen LogP contribution >= 0.6 is 34.2 Å². The minimum absolute atomic E-state index is 0.0863. The number of carbonyl (C=O) groups excluding carboxylic acids is 3. The van der Waals surface area contributed by atoms with Gasteiger partial charge in [0, 0.05) is 16.8 Å². The Morgan fingerprint density at radius 1 is 1.22 bits per heavy atom. The van der Waals surface area contributed by atoms with Gasteiger partial charge in [0.1, 0.15) is 0 Å². The normalized spacial score (nSPS) is 12.8. The molecule has 0 heterocycles. The Labute approximate surface area is 203 Å². The number of hydrogen-bond acceptors (Lipinski definition) is 6. The number of nitrogens with zero attached hydrogens (tertiary/aromatic N) is 1. The minimum atomic E-state index is -0.833. The Morgan fingerprint density at radius 3 is 2.69 bits per heavy atom. The van der Waals surface area contributed by atoms with Gasteiger partial charge in [-0.25, -0.2) is 5.43 Å². The van der Waals surface area contributed by atoms with E-state index in [2.05, 4.69) is 21.2 Å². The van der Waals surface area contributed by atoms with Gasteiger partial charge in [0.2, 0.25) is 0 Å². The molecular formula is C21H20ClIN4O5. The largest absolute Gasteiger partial charge is 0.493 e. The van der Waals surface area contributed by atoms with Crippen molar-refractivity contribution in [3.63, 3.8) is 0 Å². The summed E-state index contributed by atoms with van der Waals surface area (Å²) in [5, 5.41) is 9.59. The highest BCUT2D eigenvalue weighted by atomic mass is 127. The quantitative estimate of drug-likeness (QED) is 0.195. The monoisotopic (exact) mass is 570 g/mol. The summed E-state index contributed by atoms with van der Waals surface area (Å²) in [5.74, 6) is -1.13. The third-order valence-corrected chi connectivity index (χ3v) is 5.24. The van der Waals surface area contributed by atoms with E-state index in [-0.39, 0.29) is 18.6 Å². The van der Waals surface area contributed by atoms with E-state index in [1.807, 2.05) is 22.6 Å². The molecule has 0 spiro atoms. The molecule has 11 heteroatoms. The lowest BCUT2D eigenvalue weighted by Gasteiger charge is -2.13. The highest BCUT2D eigenvalue weighted by Crippen LogP contribution is 2.33. The van der Waals surface area contributed by atoms with Gasteiger partial charge in [-0.3, -0.25) is 14.4 Å². The number of ether oxygens (including phenoxy) is 2. The lowest BCUT2D eigenvalue weighted by Crippen LogP contribution is -2.38. The van der Waals surface area contributed by atoms with Crippen molar-refractivity contribution < 1.29 is 23.9 Å². The summed E-state index contributed by atoms with van der Waals surface area (Å²) >= 11 is 7.95. The number of hydrazone groups is 1. The summed E-state index contributed by atoms with van der Waals surface area (Å²) in [7, 11) is 1.47. The van der Waals surface area contributed by atoms with Gasteiger partial charge in [-0.1, -0.05) is 17.7 Å². The predicted octanol–water partition coefficient (Wildman–Crippen LogP) is 2.70. The maximum Gasteiger partial charge on any atom is 0.329 e. The molecule has 0 aromatic heterocycles. The van der Waals surface area contributed by atoms with E-state index in [0.717, 1.165) is 12.8 Å². The molecule has 0 unspecified atom stereocenters. The van der Waals surface area contributed by atoms with E-state index in [4.69, 9.17) is 21.1 Å². The summed E-state index contributed by atoms with van der Waals surface area (Å²) in [6, 6.07) is 10.2. The lowest BCUT2D eigenvalue weighted by molar-refractivity contribution is -0.139. The van der Waals surface area contributed by atoms with Crippen molar-refractivity contribution >= 4 is 63.8 Å². The van der Waals surface area contributed by atoms with Crippen LogP contribution in [0.2, 0.25) is 5.02 Å². The van der Waals surface area contributed by atoms with Crippen LogP contribution in [0, 0.1) is 3.57 Å². The van der Waals surface area contributed by atoms with Gasteiger partial charge in [0.05, 0.1) is 16.9 Å². The van der Waals surface area contributed by atoms with Crippen molar-refractivity contribution in [2.24, 2.45) is 5.10 Å². The first kappa shape index (κ1) is 23.8. The fourth-order valence-corrected chi connectivity index (χ4v) is 3.52. The van der Waals surface area contributed by atoms with Crippen molar-refractivity contribution in [2.75, 3.05) is 19.0 Å². The van der Waals surface area contributed by atoms with Crippen molar-refractivity contribution in [3.05, 3.63) is 50.6 Å². The van der Waals surface area contributed by atoms with Crippen molar-refractivity contribution in [3.8, 4) is 11.5 Å². The van der Waals surface area contributed by atoms with Crippen LogP contribution in [0.5, 0.6) is 11.5 Å². The number of nitrogens with one attached hydrogen (secondary N) is 3. The van der Waals surface area contributed by atoms with Crippen LogP contribution in [-0.4, -0.2) is 43.7 Å². The fraction of sp³-hybridized carbons (Fsp3) is 0.238. The number of carbonyl (C=O) groups is 3. The molecule has 1 fully saturated rings. The molecule has 0 bridgehead atoms. The van der Waals surface area contributed by atoms with Crippen molar-refractivity contribution in [1.82, 2.24) is 10.7 Å². The third-order valence-electron chi connectivity index (χ3n) is 4.21. The Kier molecular flexibility index (Phi) is 8.28. The topological polar surface area (TPSA) is 118 Å². The van der Waals surface area contributed by atoms with E-state index in [1.54, 1.807) is 36.4 Å². The lowest BCUT2D eigenvalue weighted by atomic mass is 10.2. The van der Waals surface area contributed by atoms with Crippen LogP contribution in [0.15, 0.2) is 41.5 Å². The van der Waals surface area contributed by atoms with Crippen LogP contribution in [0.25, 0.3) is 0 Å². The zero-order valence-electron chi connectivity index (χ0n) is 17.0. The predicted molar refractivity (Wildman–Crippen MR) is 128 cm³/mol. The maximum absolute atomic E-state index is 12.2. The van der Waals surface area contributed by atoms with Crippen molar-refractivity contribution in [1.29, 1.82) is 0 Å². The first-order valence-corrected chi connectivity index (χ1v) is 11.0. The SMILES string of the molecule is COc1cc(/C=N\NC(=O)C(=O)NC2CC2)cc(I)c1OCC(=O)Nc1cccc(Cl)c1. The third kappa shape index (κ3) is 7.09. The average molecular weight is 571 g/mol. The molecule has 168 valence electrons. The van der Waals surface area contributed by atoms with Crippen LogP contribution < -0.4 is 25.5 Å². The van der Waals surface area contributed by atoms with Gasteiger partial charge in [-0.05, 0) is 71.3 Å². The van der Waals surface area contributed by atoms with Crippen LogP contribution in [-0.2, 0) is 14.4 Å². The highest BCUT2D eigenvalue weighted by molar-refractivity contribution is 14.1. The summed E-state index contributed by atoms with van der Waals surface area (Å²) in [6.07, 6.45) is 3.15. The van der Waals surface area contributed by atoms with E-state index in [0.29, 0.717) is 31.3 Å². The number of methoxy groups -OCH3 is 1. The molecule has 2 aromatic carbocycles. The second-order valence-corrected chi connectivity index (χ2v) is 8.43. The summed E-state index contributed by atoms with van der Waals surface area (Å²) in [6.45, 7) is -0.238. The summed E-state index contributed by atoms with van der Waals surface area (Å²) < 4.78 is 11.7. The summed E-state index contributed by atoms with van der Waals surface area (Å²) in [5.41, 5.74) is 3.35. The minimum Gasteiger partial charge on any atom is -0.493 e. The number of anilines is 1. The second kappa shape index (κ2) is 11.1. The Hall–Kier alpha value is -2.86. The molecule has 1 aliphatic rings. The molecule has 3 rings (SSSR count). The Balaban J connectivity index is 1.58. The average Bonchev–Trinajstić information content (AvgIpc) is 3.56. The number of rotatable bonds is 8. The molecule has 3 N–H and O–H groups in total. The van der Waals surface area contributed by atoms with Gasteiger partial charge < -0.3 is 20.1 Å². The fourth-order valence-electron chi connectivity index (χ4n) is 2.55. The first-order chi connectivity index (χ1) is 15.4. The zero-order valence-corrected chi connectivity index (χ0v) is 19.9. The smallest absolute Gasteiger partial charge is 0.329 e. The molecule has 3 amide bonds. The Bertz CT molecular complexity index is 1060. The van der Waals surface area contributed by atoms with E-state index in [1.165, 1.54) is 13.3 Å². The molecular weight excluding hydrogens is 551 g/mol. The first-order valence-electron chi connectivity index (χ1n) is 9.55. The number of amides is 3. The Morgan fingerprint density at radius 2 is 2.00 bits per heavy atom. The summed E-state index contributed by atoms with van der Waals surface area (Å²) in [4.78, 5) is 35.5. The van der Waals surface area contributed by atoms with Gasteiger partial charge in [-0.15, -0.1) is 0 Å². The number of benzene rings is 2. The van der Waals surface area contributed by atoms with E-state index >= 15 is 0 Å².